The zero-order valence-electron chi connectivity index (χ0n) is 7.81. The predicted octanol–water partition coefficient (Wildman–Crippen LogP) is 2.18. The van der Waals surface area contributed by atoms with Gasteiger partial charge in [-0.15, -0.1) is 0 Å². The summed E-state index contributed by atoms with van der Waals surface area (Å²) in [6.45, 7) is 0. The third kappa shape index (κ3) is 1.74. The fraction of sp³-hybridized carbons (Fsp3) is 0. The molecular formula is C11H9FN2O. The van der Waals surface area contributed by atoms with Gasteiger partial charge in [0, 0.05) is 17.3 Å². The second-order valence-electron chi connectivity index (χ2n) is 3.11. The number of aromatic nitrogens is 1. The van der Waals surface area contributed by atoms with E-state index in [2.05, 4.69) is 4.98 Å². The van der Waals surface area contributed by atoms with E-state index in [0.717, 1.165) is 0 Å². The number of anilines is 1. The van der Waals surface area contributed by atoms with E-state index >= 15 is 0 Å². The Labute approximate surface area is 86.0 Å². The van der Waals surface area contributed by atoms with Crippen molar-refractivity contribution in [2.45, 2.75) is 0 Å². The van der Waals surface area contributed by atoms with Gasteiger partial charge in [0.15, 0.2) is 11.6 Å². The van der Waals surface area contributed by atoms with Gasteiger partial charge in [-0.05, 0) is 12.1 Å². The Kier molecular flexibility index (Phi) is 2.25. The van der Waals surface area contributed by atoms with Gasteiger partial charge in [0.05, 0.1) is 0 Å². The molecule has 0 saturated carbocycles. The van der Waals surface area contributed by atoms with Crippen LogP contribution in [0.5, 0.6) is 5.75 Å². The van der Waals surface area contributed by atoms with Crippen LogP contribution in [0.2, 0.25) is 0 Å². The van der Waals surface area contributed by atoms with Gasteiger partial charge in [0.1, 0.15) is 5.82 Å². The first-order valence-corrected chi connectivity index (χ1v) is 4.38. The van der Waals surface area contributed by atoms with Gasteiger partial charge in [-0.2, -0.15) is 0 Å². The Balaban J connectivity index is 2.55. The minimum Gasteiger partial charge on any atom is -0.504 e. The number of rotatable bonds is 1. The van der Waals surface area contributed by atoms with Crippen LogP contribution in [-0.2, 0) is 0 Å². The summed E-state index contributed by atoms with van der Waals surface area (Å²) in [7, 11) is 0. The highest BCUT2D eigenvalue weighted by Gasteiger charge is 2.06. The molecule has 0 atom stereocenters. The molecular weight excluding hydrogens is 195 g/mol. The second-order valence-corrected chi connectivity index (χ2v) is 3.11. The van der Waals surface area contributed by atoms with E-state index in [1.165, 1.54) is 18.3 Å². The largest absolute Gasteiger partial charge is 0.504 e. The average Bonchev–Trinajstić information content (AvgIpc) is 2.23. The van der Waals surface area contributed by atoms with Crippen LogP contribution < -0.4 is 5.73 Å². The summed E-state index contributed by atoms with van der Waals surface area (Å²) in [5.74, 6) is -0.464. The Morgan fingerprint density at radius 1 is 1.27 bits per heavy atom. The van der Waals surface area contributed by atoms with Crippen LogP contribution >= 0.6 is 0 Å². The maximum atomic E-state index is 13.4. The highest BCUT2D eigenvalue weighted by Crippen LogP contribution is 2.27. The summed E-state index contributed by atoms with van der Waals surface area (Å²) in [5, 5.41) is 9.34. The van der Waals surface area contributed by atoms with Crippen molar-refractivity contribution in [1.82, 2.24) is 4.98 Å². The third-order valence-corrected chi connectivity index (χ3v) is 2.08. The van der Waals surface area contributed by atoms with E-state index in [4.69, 9.17) is 5.73 Å². The van der Waals surface area contributed by atoms with E-state index in [1.54, 1.807) is 18.2 Å². The minimum absolute atomic E-state index is 0.0371. The minimum atomic E-state index is -0.358. The van der Waals surface area contributed by atoms with Gasteiger partial charge in [-0.1, -0.05) is 18.2 Å². The van der Waals surface area contributed by atoms with Gasteiger partial charge in [-0.25, -0.2) is 9.37 Å². The fourth-order valence-electron chi connectivity index (χ4n) is 1.31. The lowest BCUT2D eigenvalue weighted by Crippen LogP contribution is -1.91. The van der Waals surface area contributed by atoms with Crippen LogP contribution in [0.3, 0.4) is 0 Å². The maximum absolute atomic E-state index is 13.4. The summed E-state index contributed by atoms with van der Waals surface area (Å²) in [4.78, 5) is 3.76. The summed E-state index contributed by atoms with van der Waals surface area (Å²) in [5.41, 5.74) is 6.24. The Hall–Kier alpha value is -2.10. The Bertz CT molecular complexity index is 500. The van der Waals surface area contributed by atoms with Crippen LogP contribution in [0.1, 0.15) is 0 Å². The molecule has 1 aromatic heterocycles. The number of aromatic hydroxyl groups is 1. The topological polar surface area (TPSA) is 59.1 Å². The summed E-state index contributed by atoms with van der Waals surface area (Å²) < 4.78 is 13.4. The SMILES string of the molecule is Nc1ncc(-c2ccccc2F)cc1O. The zero-order valence-corrected chi connectivity index (χ0v) is 7.81. The number of pyridine rings is 1. The molecule has 3 nitrogen and oxygen atoms in total. The van der Waals surface area contributed by atoms with Crippen molar-refractivity contribution in [2.75, 3.05) is 5.73 Å². The molecule has 76 valence electrons. The molecule has 0 aliphatic carbocycles. The molecule has 0 fully saturated rings. The molecule has 4 heteroatoms. The summed E-state index contributed by atoms with van der Waals surface area (Å²) >= 11 is 0. The number of nitrogens with zero attached hydrogens (tertiary/aromatic N) is 1. The fourth-order valence-corrected chi connectivity index (χ4v) is 1.31. The predicted molar refractivity (Wildman–Crippen MR) is 55.7 cm³/mol. The first-order chi connectivity index (χ1) is 7.18. The van der Waals surface area contributed by atoms with Crippen molar-refractivity contribution >= 4 is 5.82 Å². The molecule has 0 bridgehead atoms. The third-order valence-electron chi connectivity index (χ3n) is 2.08. The molecule has 0 amide bonds. The first-order valence-electron chi connectivity index (χ1n) is 4.38. The molecule has 0 aliphatic rings. The molecule has 0 unspecified atom stereocenters. The monoisotopic (exact) mass is 204 g/mol. The number of hydrogen-bond acceptors (Lipinski definition) is 3. The smallest absolute Gasteiger partial charge is 0.165 e. The molecule has 0 spiro atoms. The second kappa shape index (κ2) is 3.57. The molecule has 0 radical (unpaired) electrons. The van der Waals surface area contributed by atoms with Crippen LogP contribution in [-0.4, -0.2) is 10.1 Å². The maximum Gasteiger partial charge on any atom is 0.165 e. The van der Waals surface area contributed by atoms with Crippen molar-refractivity contribution in [2.24, 2.45) is 0 Å². The first kappa shape index (κ1) is 9.45. The number of benzene rings is 1. The summed E-state index contributed by atoms with van der Waals surface area (Å²) in [6.07, 6.45) is 1.42. The quantitative estimate of drug-likeness (QED) is 0.748. The van der Waals surface area contributed by atoms with E-state index in [0.29, 0.717) is 11.1 Å². The van der Waals surface area contributed by atoms with Gasteiger partial charge in [0.2, 0.25) is 0 Å². The van der Waals surface area contributed by atoms with Crippen molar-refractivity contribution < 1.29 is 9.50 Å². The molecule has 1 heterocycles. The molecule has 0 saturated heterocycles. The van der Waals surface area contributed by atoms with Gasteiger partial charge in [-0.3, -0.25) is 0 Å². The highest BCUT2D eigenvalue weighted by molar-refractivity contribution is 5.67. The van der Waals surface area contributed by atoms with Gasteiger partial charge in [0.25, 0.3) is 0 Å². The Morgan fingerprint density at radius 2 is 2.00 bits per heavy atom. The lowest BCUT2D eigenvalue weighted by Gasteiger charge is -2.04. The molecule has 2 rings (SSSR count). The van der Waals surface area contributed by atoms with Crippen LogP contribution in [0.4, 0.5) is 10.2 Å². The van der Waals surface area contributed by atoms with Crippen molar-refractivity contribution in [3.05, 3.63) is 42.3 Å². The van der Waals surface area contributed by atoms with E-state index in [-0.39, 0.29) is 17.4 Å². The molecule has 15 heavy (non-hydrogen) atoms. The van der Waals surface area contributed by atoms with Crippen LogP contribution in [0.15, 0.2) is 36.5 Å². The van der Waals surface area contributed by atoms with E-state index < -0.39 is 0 Å². The number of hydrogen-bond donors (Lipinski definition) is 2. The molecule has 0 aliphatic heterocycles. The van der Waals surface area contributed by atoms with Crippen LogP contribution in [0.25, 0.3) is 11.1 Å². The summed E-state index contributed by atoms with van der Waals surface area (Å²) in [6, 6.07) is 7.67. The van der Waals surface area contributed by atoms with Crippen molar-refractivity contribution in [3.63, 3.8) is 0 Å². The number of nitrogen functional groups attached to an aromatic ring is 1. The van der Waals surface area contributed by atoms with Gasteiger partial charge < -0.3 is 10.8 Å². The van der Waals surface area contributed by atoms with Gasteiger partial charge >= 0.3 is 0 Å². The zero-order chi connectivity index (χ0) is 10.8. The molecule has 3 N–H and O–H groups in total. The van der Waals surface area contributed by atoms with E-state index in [9.17, 15) is 9.50 Å². The molecule has 2 aromatic rings. The van der Waals surface area contributed by atoms with E-state index in [1.807, 2.05) is 0 Å². The Morgan fingerprint density at radius 3 is 2.67 bits per heavy atom. The number of halogens is 1. The normalized spacial score (nSPS) is 10.2. The van der Waals surface area contributed by atoms with Crippen molar-refractivity contribution in [1.29, 1.82) is 0 Å². The van der Waals surface area contributed by atoms with Crippen molar-refractivity contribution in [3.8, 4) is 16.9 Å². The average molecular weight is 204 g/mol. The lowest BCUT2D eigenvalue weighted by molar-refractivity contribution is 0.476. The lowest BCUT2D eigenvalue weighted by atomic mass is 10.1. The standard InChI is InChI=1S/C11H9FN2O/c12-9-4-2-1-3-8(9)7-5-10(15)11(13)14-6-7/h1-6,15H,(H2,13,14). The molecule has 1 aromatic carbocycles. The highest BCUT2D eigenvalue weighted by atomic mass is 19.1. The number of nitrogens with two attached hydrogens (primary N) is 1. The van der Waals surface area contributed by atoms with Crippen LogP contribution in [0, 0.1) is 5.82 Å².